The Hall–Kier alpha value is -2.40. The van der Waals surface area contributed by atoms with Crippen LogP contribution in [-0.2, 0) is 16.4 Å². The minimum atomic E-state index is -3.72. The maximum absolute atomic E-state index is 13.1. The van der Waals surface area contributed by atoms with Crippen LogP contribution in [0.5, 0.6) is 0 Å². The van der Waals surface area contributed by atoms with E-state index in [0.717, 1.165) is 5.39 Å². The summed E-state index contributed by atoms with van der Waals surface area (Å²) in [5.41, 5.74) is 1.77. The Morgan fingerprint density at radius 2 is 1.57 bits per heavy atom. The quantitative estimate of drug-likeness (QED) is 0.725. The van der Waals surface area contributed by atoms with E-state index >= 15 is 0 Å². The third kappa shape index (κ3) is 2.04. The normalized spacial score (nSPS) is 14.9. The summed E-state index contributed by atoms with van der Waals surface area (Å²) < 4.78 is 27.6. The second kappa shape index (κ2) is 5.06. The van der Waals surface area contributed by atoms with Crippen molar-refractivity contribution < 1.29 is 13.2 Å². The van der Waals surface area contributed by atoms with E-state index in [0.29, 0.717) is 36.0 Å². The third-order valence-corrected chi connectivity index (χ3v) is 6.07. The maximum atomic E-state index is 13.1. The summed E-state index contributed by atoms with van der Waals surface area (Å²) in [6.07, 6.45) is 1.76. The zero-order chi connectivity index (χ0) is 16.0. The van der Waals surface area contributed by atoms with Crippen molar-refractivity contribution >= 4 is 26.7 Å². The highest BCUT2D eigenvalue weighted by atomic mass is 32.2. The average Bonchev–Trinajstić information content (AvgIpc) is 2.92. The molecule has 3 aromatic rings. The van der Waals surface area contributed by atoms with E-state index in [4.69, 9.17) is 0 Å². The Morgan fingerprint density at radius 3 is 2.35 bits per heavy atom. The van der Waals surface area contributed by atoms with E-state index in [1.165, 1.54) is 3.97 Å². The fraction of sp³-hybridized carbons (Fsp3) is 0.167. The molecule has 0 fully saturated rings. The molecule has 1 aromatic heterocycles. The highest BCUT2D eigenvalue weighted by Crippen LogP contribution is 2.34. The van der Waals surface area contributed by atoms with E-state index in [2.05, 4.69) is 0 Å². The van der Waals surface area contributed by atoms with Crippen LogP contribution in [0, 0.1) is 0 Å². The zero-order valence-corrected chi connectivity index (χ0v) is 13.2. The van der Waals surface area contributed by atoms with Gasteiger partial charge < -0.3 is 0 Å². The number of ketones is 1. The van der Waals surface area contributed by atoms with Gasteiger partial charge in [0.1, 0.15) is 0 Å². The molecular formula is C18H15NO3S. The highest BCUT2D eigenvalue weighted by Gasteiger charge is 2.31. The number of nitrogens with zero attached hydrogens (tertiary/aromatic N) is 1. The van der Waals surface area contributed by atoms with E-state index in [-0.39, 0.29) is 10.7 Å². The number of para-hydroxylation sites is 1. The van der Waals surface area contributed by atoms with Gasteiger partial charge in [-0.2, -0.15) is 0 Å². The van der Waals surface area contributed by atoms with Crippen LogP contribution in [0.15, 0.2) is 59.5 Å². The molecule has 0 aliphatic heterocycles. The lowest BCUT2D eigenvalue weighted by atomic mass is 9.94. The first-order chi connectivity index (χ1) is 11.1. The van der Waals surface area contributed by atoms with Crippen molar-refractivity contribution in [1.82, 2.24) is 3.97 Å². The number of rotatable bonds is 2. The number of carbonyl (C=O) groups is 1. The number of carbonyl (C=O) groups excluding carboxylic acids is 1. The van der Waals surface area contributed by atoms with Crippen LogP contribution >= 0.6 is 0 Å². The zero-order valence-electron chi connectivity index (χ0n) is 12.4. The highest BCUT2D eigenvalue weighted by molar-refractivity contribution is 7.90. The number of hydrogen-bond acceptors (Lipinski definition) is 3. The maximum Gasteiger partial charge on any atom is 0.268 e. The molecule has 116 valence electrons. The SMILES string of the molecule is O=C1CCCc2c1c1ccccc1n2S(=O)(=O)c1ccccc1. The summed E-state index contributed by atoms with van der Waals surface area (Å²) in [4.78, 5) is 12.6. The van der Waals surface area contributed by atoms with E-state index in [1.54, 1.807) is 42.5 Å². The molecule has 0 N–H and O–H groups in total. The fourth-order valence-corrected chi connectivity index (χ4v) is 4.92. The minimum Gasteiger partial charge on any atom is -0.294 e. The standard InChI is InChI=1S/C18H15NO3S/c20-17-12-6-11-16-18(17)14-9-4-5-10-15(14)19(16)23(21,22)13-7-2-1-3-8-13/h1-5,7-10H,6,11-12H2. The molecule has 0 saturated heterocycles. The van der Waals surface area contributed by atoms with Gasteiger partial charge in [0.15, 0.2) is 5.78 Å². The van der Waals surface area contributed by atoms with Gasteiger partial charge >= 0.3 is 0 Å². The van der Waals surface area contributed by atoms with Crippen LogP contribution in [0.25, 0.3) is 10.9 Å². The molecule has 1 heterocycles. The molecule has 1 aliphatic carbocycles. The molecule has 5 heteroatoms. The van der Waals surface area contributed by atoms with Gasteiger partial charge in [0.25, 0.3) is 10.0 Å². The fourth-order valence-electron chi connectivity index (χ4n) is 3.32. The third-order valence-electron chi connectivity index (χ3n) is 4.30. The van der Waals surface area contributed by atoms with Crippen molar-refractivity contribution in [3.63, 3.8) is 0 Å². The van der Waals surface area contributed by atoms with Crippen molar-refractivity contribution in [2.45, 2.75) is 24.2 Å². The molecule has 0 radical (unpaired) electrons. The first-order valence-corrected chi connectivity index (χ1v) is 9.01. The van der Waals surface area contributed by atoms with Crippen LogP contribution in [0.1, 0.15) is 28.9 Å². The van der Waals surface area contributed by atoms with Crippen molar-refractivity contribution in [3.05, 3.63) is 65.9 Å². The summed E-state index contributed by atoms with van der Waals surface area (Å²) in [7, 11) is -3.72. The molecule has 23 heavy (non-hydrogen) atoms. The number of Topliss-reactive ketones (excluding diaryl/α,β-unsaturated/α-hetero) is 1. The van der Waals surface area contributed by atoms with Gasteiger partial charge in [-0.3, -0.25) is 4.79 Å². The van der Waals surface area contributed by atoms with Gasteiger partial charge in [-0.1, -0.05) is 36.4 Å². The number of fused-ring (bicyclic) bond motifs is 3. The molecular weight excluding hydrogens is 310 g/mol. The lowest BCUT2D eigenvalue weighted by molar-refractivity contribution is 0.0974. The Labute approximate surface area is 134 Å². The summed E-state index contributed by atoms with van der Waals surface area (Å²) >= 11 is 0. The van der Waals surface area contributed by atoms with E-state index < -0.39 is 10.0 Å². The minimum absolute atomic E-state index is 0.0319. The molecule has 2 aromatic carbocycles. The van der Waals surface area contributed by atoms with Crippen LogP contribution in [-0.4, -0.2) is 18.2 Å². The molecule has 0 bridgehead atoms. The van der Waals surface area contributed by atoms with Gasteiger partial charge in [-0.25, -0.2) is 12.4 Å². The summed E-state index contributed by atoms with van der Waals surface area (Å²) in [6, 6.07) is 15.6. The Kier molecular flexibility index (Phi) is 3.13. The number of benzene rings is 2. The molecule has 1 aliphatic rings. The molecule has 0 amide bonds. The summed E-state index contributed by atoms with van der Waals surface area (Å²) in [6.45, 7) is 0. The van der Waals surface area contributed by atoms with Crippen LogP contribution < -0.4 is 0 Å². The molecule has 0 spiro atoms. The topological polar surface area (TPSA) is 56.1 Å². The van der Waals surface area contributed by atoms with Crippen molar-refractivity contribution in [1.29, 1.82) is 0 Å². The Bertz CT molecular complexity index is 1020. The molecule has 0 atom stereocenters. The number of hydrogen-bond donors (Lipinski definition) is 0. The van der Waals surface area contributed by atoms with E-state index in [1.807, 2.05) is 12.1 Å². The smallest absolute Gasteiger partial charge is 0.268 e. The predicted octanol–water partition coefficient (Wildman–Crippen LogP) is 3.40. The second-order valence-corrected chi connectivity index (χ2v) is 7.48. The van der Waals surface area contributed by atoms with Gasteiger partial charge in [0, 0.05) is 23.1 Å². The number of aromatic nitrogens is 1. The second-order valence-electron chi connectivity index (χ2n) is 5.70. The molecule has 0 saturated carbocycles. The van der Waals surface area contributed by atoms with Crippen LogP contribution in [0.2, 0.25) is 0 Å². The van der Waals surface area contributed by atoms with Gasteiger partial charge in [-0.05, 0) is 31.0 Å². The Balaban J connectivity index is 2.11. The van der Waals surface area contributed by atoms with Gasteiger partial charge in [0.05, 0.1) is 10.4 Å². The van der Waals surface area contributed by atoms with Crippen molar-refractivity contribution in [2.24, 2.45) is 0 Å². The van der Waals surface area contributed by atoms with Gasteiger partial charge in [0.2, 0.25) is 0 Å². The Morgan fingerprint density at radius 1 is 0.870 bits per heavy atom. The first kappa shape index (κ1) is 14.2. The first-order valence-electron chi connectivity index (χ1n) is 7.57. The lowest BCUT2D eigenvalue weighted by Gasteiger charge is -2.15. The summed E-state index contributed by atoms with van der Waals surface area (Å²) in [5, 5.41) is 0.728. The monoisotopic (exact) mass is 325 g/mol. The van der Waals surface area contributed by atoms with E-state index in [9.17, 15) is 13.2 Å². The molecule has 0 unspecified atom stereocenters. The lowest BCUT2D eigenvalue weighted by Crippen LogP contribution is -2.19. The average molecular weight is 325 g/mol. The van der Waals surface area contributed by atoms with Crippen LogP contribution in [0.3, 0.4) is 0 Å². The predicted molar refractivity (Wildman–Crippen MR) is 88.2 cm³/mol. The van der Waals surface area contributed by atoms with Crippen molar-refractivity contribution in [2.75, 3.05) is 0 Å². The van der Waals surface area contributed by atoms with Crippen LogP contribution in [0.4, 0.5) is 0 Å². The van der Waals surface area contributed by atoms with Gasteiger partial charge in [-0.15, -0.1) is 0 Å². The summed E-state index contributed by atoms with van der Waals surface area (Å²) in [5.74, 6) is 0.0319. The van der Waals surface area contributed by atoms with Crippen molar-refractivity contribution in [3.8, 4) is 0 Å². The molecule has 4 nitrogen and oxygen atoms in total. The largest absolute Gasteiger partial charge is 0.294 e. The molecule has 4 rings (SSSR count).